The highest BCUT2D eigenvalue weighted by atomic mass is 15.3. The third-order valence-corrected chi connectivity index (χ3v) is 2.77. The molecular formula is C10H25N2+. The van der Waals surface area contributed by atoms with Crippen molar-refractivity contribution in [1.82, 2.24) is 4.90 Å². The SMILES string of the molecule is CCN(CC)CC[N+](C)(C)CC. The Morgan fingerprint density at radius 3 is 1.83 bits per heavy atom. The Hall–Kier alpha value is -0.0800. The molecule has 0 spiro atoms. The smallest absolute Gasteiger partial charge is 0.0911 e. The molecule has 2 heteroatoms. The molecule has 12 heavy (non-hydrogen) atoms. The molecule has 0 fully saturated rings. The van der Waals surface area contributed by atoms with Gasteiger partial charge in [0.05, 0.1) is 27.2 Å². The Labute approximate surface area is 77.8 Å². The van der Waals surface area contributed by atoms with E-state index in [-0.39, 0.29) is 0 Å². The largest absolute Gasteiger partial charge is 0.328 e. The fourth-order valence-electron chi connectivity index (χ4n) is 1.11. The first-order chi connectivity index (χ1) is 5.55. The highest BCUT2D eigenvalue weighted by Crippen LogP contribution is 1.97. The lowest BCUT2D eigenvalue weighted by molar-refractivity contribution is -0.888. The average Bonchev–Trinajstić information content (AvgIpc) is 2.06. The first-order valence-electron chi connectivity index (χ1n) is 5.10. The lowest BCUT2D eigenvalue weighted by atomic mass is 10.4. The Morgan fingerprint density at radius 2 is 1.50 bits per heavy atom. The highest BCUT2D eigenvalue weighted by molar-refractivity contribution is 4.50. The normalized spacial score (nSPS) is 12.5. The third-order valence-electron chi connectivity index (χ3n) is 2.77. The Kier molecular flexibility index (Phi) is 5.51. The van der Waals surface area contributed by atoms with E-state index >= 15 is 0 Å². The van der Waals surface area contributed by atoms with Crippen LogP contribution >= 0.6 is 0 Å². The fraction of sp³-hybridized carbons (Fsp3) is 1.00. The van der Waals surface area contributed by atoms with Gasteiger partial charge in [-0.2, -0.15) is 0 Å². The minimum atomic E-state index is 1.14. The second-order valence-electron chi connectivity index (χ2n) is 4.00. The summed E-state index contributed by atoms with van der Waals surface area (Å²) in [5, 5.41) is 0. The van der Waals surface area contributed by atoms with Crippen LogP contribution in [-0.2, 0) is 0 Å². The van der Waals surface area contributed by atoms with Gasteiger partial charge in [-0.15, -0.1) is 0 Å². The molecule has 0 aliphatic carbocycles. The standard InChI is InChI=1S/C10H25N2/c1-6-11(7-2)9-10-12(4,5)8-3/h6-10H2,1-5H3/q+1. The molecule has 0 N–H and O–H groups in total. The molecule has 0 saturated heterocycles. The molecule has 0 aromatic carbocycles. The highest BCUT2D eigenvalue weighted by Gasteiger charge is 2.12. The number of nitrogens with zero attached hydrogens (tertiary/aromatic N) is 2. The van der Waals surface area contributed by atoms with Gasteiger partial charge in [-0.3, -0.25) is 4.90 Å². The summed E-state index contributed by atoms with van der Waals surface area (Å²) in [4.78, 5) is 2.48. The van der Waals surface area contributed by atoms with Crippen LogP contribution in [0.1, 0.15) is 20.8 Å². The molecule has 0 aliphatic rings. The maximum atomic E-state index is 2.48. The summed E-state index contributed by atoms with van der Waals surface area (Å²) in [5.74, 6) is 0. The molecule has 0 aromatic heterocycles. The summed E-state index contributed by atoms with van der Waals surface area (Å²) in [7, 11) is 4.59. The first-order valence-corrected chi connectivity index (χ1v) is 5.10. The predicted octanol–water partition coefficient (Wildman–Crippen LogP) is 1.42. The quantitative estimate of drug-likeness (QED) is 0.549. The molecule has 0 aromatic rings. The number of quaternary nitrogens is 1. The van der Waals surface area contributed by atoms with Crippen LogP contribution in [-0.4, -0.2) is 56.2 Å². The van der Waals surface area contributed by atoms with Crippen molar-refractivity contribution in [3.8, 4) is 0 Å². The molecule has 2 nitrogen and oxygen atoms in total. The van der Waals surface area contributed by atoms with E-state index in [2.05, 4.69) is 39.8 Å². The van der Waals surface area contributed by atoms with E-state index in [1.807, 2.05) is 0 Å². The number of likely N-dealkylation sites (N-methyl/N-ethyl adjacent to an activating group) is 2. The third kappa shape index (κ3) is 4.73. The van der Waals surface area contributed by atoms with Crippen LogP contribution in [0.3, 0.4) is 0 Å². The molecule has 0 saturated carbocycles. The van der Waals surface area contributed by atoms with Crippen molar-refractivity contribution in [2.75, 3.05) is 46.8 Å². The Bertz CT molecular complexity index is 106. The zero-order valence-electron chi connectivity index (χ0n) is 9.43. The van der Waals surface area contributed by atoms with Gasteiger partial charge in [0.25, 0.3) is 0 Å². The van der Waals surface area contributed by atoms with Gasteiger partial charge in [-0.25, -0.2) is 0 Å². The molecule has 0 heterocycles. The van der Waals surface area contributed by atoms with Crippen molar-refractivity contribution in [1.29, 1.82) is 0 Å². The summed E-state index contributed by atoms with van der Waals surface area (Å²) >= 11 is 0. The maximum Gasteiger partial charge on any atom is 0.0911 e. The van der Waals surface area contributed by atoms with Crippen LogP contribution < -0.4 is 0 Å². The van der Waals surface area contributed by atoms with Crippen molar-refractivity contribution >= 4 is 0 Å². The summed E-state index contributed by atoms with van der Waals surface area (Å²) in [6.45, 7) is 12.8. The molecule has 74 valence electrons. The lowest BCUT2D eigenvalue weighted by Gasteiger charge is -2.30. The second-order valence-corrected chi connectivity index (χ2v) is 4.00. The number of rotatable bonds is 6. The van der Waals surface area contributed by atoms with E-state index in [0.717, 1.165) is 4.48 Å². The van der Waals surface area contributed by atoms with Crippen LogP contribution in [0.4, 0.5) is 0 Å². The summed E-state index contributed by atoms with van der Waals surface area (Å²) in [5.41, 5.74) is 0. The minimum Gasteiger partial charge on any atom is -0.328 e. The monoisotopic (exact) mass is 173 g/mol. The number of hydrogen-bond acceptors (Lipinski definition) is 1. The molecule has 0 bridgehead atoms. The van der Waals surface area contributed by atoms with Gasteiger partial charge in [0.15, 0.2) is 0 Å². The first kappa shape index (κ1) is 11.9. The fourth-order valence-corrected chi connectivity index (χ4v) is 1.11. The van der Waals surface area contributed by atoms with E-state index in [1.54, 1.807) is 0 Å². The van der Waals surface area contributed by atoms with Crippen molar-refractivity contribution in [3.63, 3.8) is 0 Å². The summed E-state index contributed by atoms with van der Waals surface area (Å²) in [6.07, 6.45) is 0. The van der Waals surface area contributed by atoms with Crippen LogP contribution in [0.15, 0.2) is 0 Å². The summed E-state index contributed by atoms with van der Waals surface area (Å²) in [6, 6.07) is 0. The van der Waals surface area contributed by atoms with Crippen molar-refractivity contribution in [2.45, 2.75) is 20.8 Å². The molecule has 0 rings (SSSR count). The lowest BCUT2D eigenvalue weighted by Crippen LogP contribution is -2.45. The topological polar surface area (TPSA) is 3.24 Å². The molecular weight excluding hydrogens is 148 g/mol. The van der Waals surface area contributed by atoms with Crippen LogP contribution in [0, 0.1) is 0 Å². The Morgan fingerprint density at radius 1 is 1.00 bits per heavy atom. The van der Waals surface area contributed by atoms with Gasteiger partial charge in [0.2, 0.25) is 0 Å². The molecule has 0 unspecified atom stereocenters. The maximum absolute atomic E-state index is 2.48. The second kappa shape index (κ2) is 5.55. The number of hydrogen-bond donors (Lipinski definition) is 0. The van der Waals surface area contributed by atoms with Gasteiger partial charge in [0.1, 0.15) is 0 Å². The van der Waals surface area contributed by atoms with Crippen molar-refractivity contribution in [3.05, 3.63) is 0 Å². The predicted molar refractivity (Wildman–Crippen MR) is 55.3 cm³/mol. The molecule has 0 radical (unpaired) electrons. The zero-order chi connectivity index (χ0) is 9.61. The van der Waals surface area contributed by atoms with Crippen LogP contribution in [0.2, 0.25) is 0 Å². The Balaban J connectivity index is 3.65. The van der Waals surface area contributed by atoms with Gasteiger partial charge in [0, 0.05) is 6.54 Å². The summed E-state index contributed by atoms with van der Waals surface area (Å²) < 4.78 is 1.14. The molecule has 0 aliphatic heterocycles. The van der Waals surface area contributed by atoms with Crippen molar-refractivity contribution < 1.29 is 4.48 Å². The minimum absolute atomic E-state index is 1.14. The van der Waals surface area contributed by atoms with Gasteiger partial charge in [-0.05, 0) is 20.0 Å². The molecule has 0 atom stereocenters. The van der Waals surface area contributed by atoms with Gasteiger partial charge >= 0.3 is 0 Å². The van der Waals surface area contributed by atoms with Gasteiger partial charge in [-0.1, -0.05) is 13.8 Å². The van der Waals surface area contributed by atoms with Gasteiger partial charge < -0.3 is 4.48 Å². The zero-order valence-corrected chi connectivity index (χ0v) is 9.43. The average molecular weight is 173 g/mol. The van der Waals surface area contributed by atoms with E-state index < -0.39 is 0 Å². The van der Waals surface area contributed by atoms with E-state index in [9.17, 15) is 0 Å². The molecule has 0 amide bonds. The van der Waals surface area contributed by atoms with Crippen molar-refractivity contribution in [2.24, 2.45) is 0 Å². The van der Waals surface area contributed by atoms with E-state index in [4.69, 9.17) is 0 Å². The van der Waals surface area contributed by atoms with Crippen LogP contribution in [0.25, 0.3) is 0 Å². The van der Waals surface area contributed by atoms with Crippen LogP contribution in [0.5, 0.6) is 0 Å². The van der Waals surface area contributed by atoms with E-state index in [0.29, 0.717) is 0 Å². The van der Waals surface area contributed by atoms with E-state index in [1.165, 1.54) is 32.7 Å².